The maximum Gasteiger partial charge on any atom is 0.410 e. The molecule has 1 amide bonds. The summed E-state index contributed by atoms with van der Waals surface area (Å²) in [6, 6.07) is 6.56. The van der Waals surface area contributed by atoms with Gasteiger partial charge >= 0.3 is 6.09 Å². The van der Waals surface area contributed by atoms with Crippen LogP contribution in [0.15, 0.2) is 18.3 Å². The number of hydrogen-bond donors (Lipinski definition) is 0. The predicted octanol–water partition coefficient (Wildman–Crippen LogP) is 2.93. The molecule has 2 aliphatic rings. The number of carbonyl (C=O) groups is 1. The van der Waals surface area contributed by atoms with E-state index >= 15 is 0 Å². The molecule has 0 aromatic carbocycles. The van der Waals surface area contributed by atoms with Gasteiger partial charge in [-0.15, -0.1) is 0 Å². The largest absolute Gasteiger partial charge is 0.444 e. The standard InChI is InChI=1S/C18H24N4O2/c1-18(2,3)24-17(23)21-9-8-15(12-21)22(14-5-6-14)16-7-4-13(10-19)11-20-16/h4,7,11,14-15H,5-6,8-9,12H2,1-3H3. The molecule has 1 aromatic rings. The highest BCUT2D eigenvalue weighted by Gasteiger charge is 2.39. The van der Waals surface area contributed by atoms with Crippen LogP contribution in [0, 0.1) is 11.3 Å². The minimum Gasteiger partial charge on any atom is -0.444 e. The Balaban J connectivity index is 1.69. The molecule has 0 bridgehead atoms. The fourth-order valence-electron chi connectivity index (χ4n) is 3.09. The lowest BCUT2D eigenvalue weighted by molar-refractivity contribution is 0.0292. The van der Waals surface area contributed by atoms with Gasteiger partial charge in [-0.3, -0.25) is 0 Å². The number of anilines is 1. The SMILES string of the molecule is CC(C)(C)OC(=O)N1CCC(N(c2ccc(C#N)cn2)C2CC2)C1. The molecule has 128 valence electrons. The molecule has 1 aromatic heterocycles. The summed E-state index contributed by atoms with van der Waals surface area (Å²) in [6.45, 7) is 7.02. The molecule has 6 nitrogen and oxygen atoms in total. The zero-order valence-corrected chi connectivity index (χ0v) is 14.5. The Morgan fingerprint density at radius 1 is 1.33 bits per heavy atom. The van der Waals surface area contributed by atoms with E-state index in [9.17, 15) is 4.79 Å². The third-order valence-corrected chi connectivity index (χ3v) is 4.29. The van der Waals surface area contributed by atoms with Crippen LogP contribution in [0.25, 0.3) is 0 Å². The number of pyridine rings is 1. The first-order valence-corrected chi connectivity index (χ1v) is 8.50. The van der Waals surface area contributed by atoms with Crippen LogP contribution in [-0.4, -0.2) is 46.8 Å². The van der Waals surface area contributed by atoms with Gasteiger partial charge in [-0.1, -0.05) is 0 Å². The predicted molar refractivity (Wildman–Crippen MR) is 90.7 cm³/mol. The maximum absolute atomic E-state index is 12.3. The van der Waals surface area contributed by atoms with Crippen LogP contribution in [0.5, 0.6) is 0 Å². The number of hydrogen-bond acceptors (Lipinski definition) is 5. The van der Waals surface area contributed by atoms with Crippen molar-refractivity contribution >= 4 is 11.9 Å². The van der Waals surface area contributed by atoms with E-state index in [0.717, 1.165) is 25.1 Å². The van der Waals surface area contributed by atoms with E-state index in [1.807, 2.05) is 26.8 Å². The summed E-state index contributed by atoms with van der Waals surface area (Å²) >= 11 is 0. The summed E-state index contributed by atoms with van der Waals surface area (Å²) < 4.78 is 5.48. The molecule has 6 heteroatoms. The number of nitrogens with zero attached hydrogens (tertiary/aromatic N) is 4. The quantitative estimate of drug-likeness (QED) is 0.853. The van der Waals surface area contributed by atoms with Crippen molar-refractivity contribution in [2.45, 2.75) is 57.7 Å². The van der Waals surface area contributed by atoms with Gasteiger partial charge in [0.15, 0.2) is 0 Å². The number of carbonyl (C=O) groups excluding carboxylic acids is 1. The smallest absolute Gasteiger partial charge is 0.410 e. The molecule has 1 saturated heterocycles. The molecule has 2 fully saturated rings. The van der Waals surface area contributed by atoms with Crippen LogP contribution in [0.2, 0.25) is 0 Å². The molecule has 1 atom stereocenters. The lowest BCUT2D eigenvalue weighted by Crippen LogP contribution is -2.42. The average Bonchev–Trinajstić information content (AvgIpc) is 3.22. The topological polar surface area (TPSA) is 69.5 Å². The van der Waals surface area contributed by atoms with E-state index in [1.54, 1.807) is 17.2 Å². The van der Waals surface area contributed by atoms with Crippen molar-refractivity contribution in [2.75, 3.05) is 18.0 Å². The first-order valence-electron chi connectivity index (χ1n) is 8.50. The highest BCUT2D eigenvalue weighted by Crippen LogP contribution is 2.35. The molecule has 2 heterocycles. The summed E-state index contributed by atoms with van der Waals surface area (Å²) in [5, 5.41) is 8.93. The van der Waals surface area contributed by atoms with Crippen LogP contribution in [0.3, 0.4) is 0 Å². The normalized spacial score (nSPS) is 20.6. The van der Waals surface area contributed by atoms with Gasteiger partial charge in [0.2, 0.25) is 0 Å². The number of nitriles is 1. The van der Waals surface area contributed by atoms with Crippen molar-refractivity contribution in [3.63, 3.8) is 0 Å². The van der Waals surface area contributed by atoms with E-state index in [1.165, 1.54) is 0 Å². The number of amides is 1. The fourth-order valence-corrected chi connectivity index (χ4v) is 3.09. The zero-order chi connectivity index (χ0) is 17.3. The molecule has 3 rings (SSSR count). The van der Waals surface area contributed by atoms with E-state index in [-0.39, 0.29) is 12.1 Å². The molecule has 1 unspecified atom stereocenters. The van der Waals surface area contributed by atoms with E-state index in [4.69, 9.17) is 10.00 Å². The van der Waals surface area contributed by atoms with Crippen LogP contribution in [-0.2, 0) is 4.74 Å². The first-order chi connectivity index (χ1) is 11.4. The summed E-state index contributed by atoms with van der Waals surface area (Å²) in [7, 11) is 0. The molecule has 24 heavy (non-hydrogen) atoms. The maximum atomic E-state index is 12.3. The van der Waals surface area contributed by atoms with E-state index in [0.29, 0.717) is 24.7 Å². The molecular weight excluding hydrogens is 304 g/mol. The van der Waals surface area contributed by atoms with Crippen molar-refractivity contribution in [3.05, 3.63) is 23.9 Å². The van der Waals surface area contributed by atoms with Crippen molar-refractivity contribution in [1.82, 2.24) is 9.88 Å². The molecular formula is C18H24N4O2. The van der Waals surface area contributed by atoms with Crippen LogP contribution < -0.4 is 4.90 Å². The van der Waals surface area contributed by atoms with Gasteiger partial charge in [-0.25, -0.2) is 9.78 Å². The molecule has 1 saturated carbocycles. The van der Waals surface area contributed by atoms with Gasteiger partial charge < -0.3 is 14.5 Å². The summed E-state index contributed by atoms with van der Waals surface area (Å²) in [5.41, 5.74) is 0.0938. The summed E-state index contributed by atoms with van der Waals surface area (Å²) in [5.74, 6) is 0.896. The monoisotopic (exact) mass is 328 g/mol. The van der Waals surface area contributed by atoms with Gasteiger partial charge in [-0.2, -0.15) is 5.26 Å². The molecule has 1 aliphatic carbocycles. The Kier molecular flexibility index (Phi) is 4.35. The molecule has 0 radical (unpaired) electrons. The lowest BCUT2D eigenvalue weighted by atomic mass is 10.2. The molecule has 0 N–H and O–H groups in total. The van der Waals surface area contributed by atoms with Crippen LogP contribution in [0.4, 0.5) is 10.6 Å². The third-order valence-electron chi connectivity index (χ3n) is 4.29. The van der Waals surface area contributed by atoms with Gasteiger partial charge in [0.1, 0.15) is 17.5 Å². The second kappa shape index (κ2) is 6.31. The lowest BCUT2D eigenvalue weighted by Gasteiger charge is -2.30. The highest BCUT2D eigenvalue weighted by molar-refractivity contribution is 5.68. The minimum atomic E-state index is -0.472. The number of aromatic nitrogens is 1. The van der Waals surface area contributed by atoms with Gasteiger partial charge in [-0.05, 0) is 52.2 Å². The first kappa shape index (κ1) is 16.6. The second-order valence-electron chi connectivity index (χ2n) is 7.52. The number of ether oxygens (including phenoxy) is 1. The molecule has 0 spiro atoms. The minimum absolute atomic E-state index is 0.242. The van der Waals surface area contributed by atoms with Crippen molar-refractivity contribution in [1.29, 1.82) is 5.26 Å². The summed E-state index contributed by atoms with van der Waals surface area (Å²) in [6.07, 6.45) is 4.60. The second-order valence-corrected chi connectivity index (χ2v) is 7.52. The number of rotatable bonds is 3. The Morgan fingerprint density at radius 2 is 2.08 bits per heavy atom. The van der Waals surface area contributed by atoms with E-state index < -0.39 is 5.60 Å². The highest BCUT2D eigenvalue weighted by atomic mass is 16.6. The van der Waals surface area contributed by atoms with E-state index in [2.05, 4.69) is 16.0 Å². The van der Waals surface area contributed by atoms with Crippen LogP contribution in [0.1, 0.15) is 45.6 Å². The summed E-state index contributed by atoms with van der Waals surface area (Å²) in [4.78, 5) is 20.8. The van der Waals surface area contributed by atoms with Gasteiger partial charge in [0, 0.05) is 25.3 Å². The van der Waals surface area contributed by atoms with Crippen molar-refractivity contribution in [2.24, 2.45) is 0 Å². The fraction of sp³-hybridized carbons (Fsp3) is 0.611. The van der Waals surface area contributed by atoms with Crippen molar-refractivity contribution in [3.8, 4) is 6.07 Å². The van der Waals surface area contributed by atoms with Gasteiger partial charge in [0.05, 0.1) is 11.6 Å². The Morgan fingerprint density at radius 3 is 2.62 bits per heavy atom. The van der Waals surface area contributed by atoms with Crippen molar-refractivity contribution < 1.29 is 9.53 Å². The Labute approximate surface area is 143 Å². The Hall–Kier alpha value is -2.29. The zero-order valence-electron chi connectivity index (χ0n) is 14.5. The van der Waals surface area contributed by atoms with Crippen LogP contribution >= 0.6 is 0 Å². The van der Waals surface area contributed by atoms with Gasteiger partial charge in [0.25, 0.3) is 0 Å². The average molecular weight is 328 g/mol. The third kappa shape index (κ3) is 3.78. The molecule has 1 aliphatic heterocycles. The number of likely N-dealkylation sites (tertiary alicyclic amines) is 1. The Bertz CT molecular complexity index is 640.